The molecule has 1 unspecified atom stereocenters. The first kappa shape index (κ1) is 16.1. The van der Waals surface area contributed by atoms with Crippen molar-refractivity contribution in [1.82, 2.24) is 15.3 Å². The van der Waals surface area contributed by atoms with Crippen LogP contribution in [-0.4, -0.2) is 16.5 Å². The maximum absolute atomic E-state index is 4.43. The van der Waals surface area contributed by atoms with Gasteiger partial charge in [0.1, 0.15) is 0 Å². The molecule has 108 valence electrons. The second-order valence-corrected chi connectivity index (χ2v) is 6.25. The van der Waals surface area contributed by atoms with E-state index < -0.39 is 0 Å². The Morgan fingerprint density at radius 1 is 1.21 bits per heavy atom. The van der Waals surface area contributed by atoms with Crippen LogP contribution in [0.5, 0.6) is 0 Å². The van der Waals surface area contributed by atoms with E-state index in [1.807, 2.05) is 6.92 Å². The van der Waals surface area contributed by atoms with Crippen LogP contribution < -0.4 is 5.32 Å². The van der Waals surface area contributed by atoms with Crippen LogP contribution >= 0.6 is 0 Å². The molecule has 3 heteroatoms. The topological polar surface area (TPSA) is 37.8 Å². The van der Waals surface area contributed by atoms with Crippen LogP contribution in [0.25, 0.3) is 0 Å². The van der Waals surface area contributed by atoms with Crippen molar-refractivity contribution in [3.63, 3.8) is 0 Å². The molecule has 0 fully saturated rings. The molecule has 1 N–H and O–H groups in total. The van der Waals surface area contributed by atoms with E-state index in [0.29, 0.717) is 5.41 Å². The van der Waals surface area contributed by atoms with Gasteiger partial charge in [-0.25, -0.2) is 0 Å². The Morgan fingerprint density at radius 2 is 1.89 bits per heavy atom. The van der Waals surface area contributed by atoms with Gasteiger partial charge in [-0.1, -0.05) is 40.0 Å². The highest BCUT2D eigenvalue weighted by Gasteiger charge is 2.19. The molecule has 0 spiro atoms. The fourth-order valence-corrected chi connectivity index (χ4v) is 2.31. The van der Waals surface area contributed by atoms with Crippen LogP contribution in [0.1, 0.15) is 70.8 Å². The number of hydrogen-bond acceptors (Lipinski definition) is 3. The van der Waals surface area contributed by atoms with Crippen LogP contribution in [0.3, 0.4) is 0 Å². The Balaban J connectivity index is 2.45. The molecular weight excluding hydrogens is 234 g/mol. The van der Waals surface area contributed by atoms with Gasteiger partial charge in [-0.05, 0) is 25.7 Å². The second-order valence-electron chi connectivity index (χ2n) is 6.25. The Morgan fingerprint density at radius 3 is 2.53 bits per heavy atom. The lowest BCUT2D eigenvalue weighted by Crippen LogP contribution is -2.32. The molecular formula is C16H29N3. The third-order valence-electron chi connectivity index (χ3n) is 3.67. The summed E-state index contributed by atoms with van der Waals surface area (Å²) in [5, 5.41) is 3.60. The zero-order chi connectivity index (χ0) is 14.3. The average Bonchev–Trinajstić information content (AvgIpc) is 2.37. The molecule has 1 heterocycles. The van der Waals surface area contributed by atoms with Gasteiger partial charge >= 0.3 is 0 Å². The van der Waals surface area contributed by atoms with Gasteiger partial charge < -0.3 is 5.32 Å². The smallest absolute Gasteiger partial charge is 0.0782 e. The Hall–Kier alpha value is -0.960. The molecule has 19 heavy (non-hydrogen) atoms. The van der Waals surface area contributed by atoms with Crippen molar-refractivity contribution in [1.29, 1.82) is 0 Å². The predicted molar refractivity (Wildman–Crippen MR) is 81.1 cm³/mol. The molecule has 0 aliphatic heterocycles. The highest BCUT2D eigenvalue weighted by atomic mass is 15.0. The van der Waals surface area contributed by atoms with Crippen molar-refractivity contribution in [2.75, 3.05) is 6.54 Å². The average molecular weight is 263 g/mol. The molecule has 0 bridgehead atoms. The minimum absolute atomic E-state index is 0.263. The van der Waals surface area contributed by atoms with E-state index in [9.17, 15) is 0 Å². The summed E-state index contributed by atoms with van der Waals surface area (Å²) < 4.78 is 0. The summed E-state index contributed by atoms with van der Waals surface area (Å²) in [5.41, 5.74) is 2.43. The van der Waals surface area contributed by atoms with Gasteiger partial charge in [0.25, 0.3) is 0 Å². The van der Waals surface area contributed by atoms with Gasteiger partial charge in [-0.15, -0.1) is 0 Å². The molecule has 3 nitrogen and oxygen atoms in total. The largest absolute Gasteiger partial charge is 0.308 e. The number of hydrogen-bond donors (Lipinski definition) is 1. The van der Waals surface area contributed by atoms with Gasteiger partial charge in [0.2, 0.25) is 0 Å². The normalized spacial score (nSPS) is 13.5. The van der Waals surface area contributed by atoms with Crippen molar-refractivity contribution in [2.45, 2.75) is 66.3 Å². The first-order valence-electron chi connectivity index (χ1n) is 7.47. The van der Waals surface area contributed by atoms with Gasteiger partial charge in [-0.2, -0.15) is 0 Å². The first-order valence-corrected chi connectivity index (χ1v) is 7.47. The van der Waals surface area contributed by atoms with E-state index in [4.69, 9.17) is 0 Å². The monoisotopic (exact) mass is 263 g/mol. The van der Waals surface area contributed by atoms with Crippen molar-refractivity contribution >= 4 is 0 Å². The molecule has 0 saturated heterocycles. The van der Waals surface area contributed by atoms with E-state index >= 15 is 0 Å². The summed E-state index contributed by atoms with van der Waals surface area (Å²) in [7, 11) is 0. The lowest BCUT2D eigenvalue weighted by molar-refractivity contribution is 0.289. The van der Waals surface area contributed by atoms with E-state index in [2.05, 4.69) is 43.0 Å². The van der Waals surface area contributed by atoms with Crippen LogP contribution in [0.4, 0.5) is 0 Å². The summed E-state index contributed by atoms with van der Waals surface area (Å²) >= 11 is 0. The highest BCUT2D eigenvalue weighted by molar-refractivity contribution is 5.12. The fraction of sp³-hybridized carbons (Fsp3) is 0.750. The van der Waals surface area contributed by atoms with Crippen LogP contribution in [-0.2, 0) is 0 Å². The van der Waals surface area contributed by atoms with Crippen molar-refractivity contribution in [3.05, 3.63) is 23.8 Å². The number of aromatic nitrogens is 2. The number of nitrogens with zero attached hydrogens (tertiary/aromatic N) is 2. The number of nitrogens with one attached hydrogen (secondary N) is 1. The molecule has 1 aromatic heterocycles. The zero-order valence-corrected chi connectivity index (χ0v) is 13.2. The molecule has 0 aliphatic carbocycles. The van der Waals surface area contributed by atoms with E-state index in [0.717, 1.165) is 17.9 Å². The predicted octanol–water partition coefficient (Wildman–Crippen LogP) is 4.04. The third kappa shape index (κ3) is 5.68. The molecule has 0 aromatic carbocycles. The quantitative estimate of drug-likeness (QED) is 0.719. The zero-order valence-electron chi connectivity index (χ0n) is 13.2. The van der Waals surface area contributed by atoms with Crippen LogP contribution in [0.15, 0.2) is 12.4 Å². The van der Waals surface area contributed by atoms with Gasteiger partial charge in [0, 0.05) is 25.0 Å². The Bertz CT molecular complexity index is 374. The lowest BCUT2D eigenvalue weighted by Gasteiger charge is -2.27. The Kier molecular flexibility index (Phi) is 6.43. The van der Waals surface area contributed by atoms with E-state index in [1.165, 1.54) is 25.7 Å². The molecule has 0 radical (unpaired) electrons. The minimum Gasteiger partial charge on any atom is -0.308 e. The van der Waals surface area contributed by atoms with E-state index in [-0.39, 0.29) is 6.04 Å². The number of aryl methyl sites for hydroxylation is 1. The maximum Gasteiger partial charge on any atom is 0.0782 e. The van der Waals surface area contributed by atoms with Crippen molar-refractivity contribution in [3.8, 4) is 0 Å². The van der Waals surface area contributed by atoms with Gasteiger partial charge in [0.05, 0.1) is 11.4 Å². The van der Waals surface area contributed by atoms with Gasteiger partial charge in [0.15, 0.2) is 0 Å². The Labute approximate surface area is 118 Å². The maximum atomic E-state index is 4.43. The van der Waals surface area contributed by atoms with Crippen molar-refractivity contribution < 1.29 is 0 Å². The molecule has 0 aliphatic rings. The number of unbranched alkanes of at least 4 members (excludes halogenated alkanes) is 2. The molecule has 0 amide bonds. The minimum atomic E-state index is 0.263. The molecule has 0 saturated carbocycles. The highest BCUT2D eigenvalue weighted by Crippen LogP contribution is 2.24. The summed E-state index contributed by atoms with van der Waals surface area (Å²) in [6.45, 7) is 12.1. The summed E-state index contributed by atoms with van der Waals surface area (Å²) in [5.74, 6) is 0. The van der Waals surface area contributed by atoms with E-state index in [1.54, 1.807) is 12.4 Å². The van der Waals surface area contributed by atoms with Gasteiger partial charge in [-0.3, -0.25) is 9.97 Å². The molecule has 1 rings (SSSR count). The third-order valence-corrected chi connectivity index (χ3v) is 3.67. The molecule has 1 aromatic rings. The summed E-state index contributed by atoms with van der Waals surface area (Å²) in [4.78, 5) is 8.73. The van der Waals surface area contributed by atoms with Crippen LogP contribution in [0.2, 0.25) is 0 Å². The summed E-state index contributed by atoms with van der Waals surface area (Å²) in [6, 6.07) is 0.263. The SMILES string of the molecule is CCCCCC(C)(C)CNC(C)c1nccnc1C. The molecule has 1 atom stereocenters. The standard InChI is InChI=1S/C16H29N3/c1-6-7-8-9-16(4,5)12-19-14(3)15-13(2)17-10-11-18-15/h10-11,14,19H,6-9,12H2,1-5H3. The fourth-order valence-electron chi connectivity index (χ4n) is 2.31. The second kappa shape index (κ2) is 7.59. The summed E-state index contributed by atoms with van der Waals surface area (Å²) in [6.07, 6.45) is 8.75. The van der Waals surface area contributed by atoms with Crippen molar-refractivity contribution in [2.24, 2.45) is 5.41 Å². The lowest BCUT2D eigenvalue weighted by atomic mass is 9.86. The first-order chi connectivity index (χ1) is 8.96. The number of rotatable bonds is 8. The van der Waals surface area contributed by atoms with Crippen LogP contribution in [0, 0.1) is 12.3 Å².